The fourth-order valence-electron chi connectivity index (χ4n) is 4.25. The Morgan fingerprint density at radius 1 is 1.16 bits per heavy atom. The summed E-state index contributed by atoms with van der Waals surface area (Å²) in [7, 11) is 0. The molecule has 8 heteroatoms. The van der Waals surface area contributed by atoms with Gasteiger partial charge in [0.05, 0.1) is 5.69 Å². The molecule has 5 rings (SSSR count). The summed E-state index contributed by atoms with van der Waals surface area (Å²) >= 11 is 0. The van der Waals surface area contributed by atoms with Crippen molar-refractivity contribution in [3.63, 3.8) is 0 Å². The molecule has 1 unspecified atom stereocenters. The third kappa shape index (κ3) is 3.39. The third-order valence-corrected chi connectivity index (χ3v) is 5.58. The smallest absolute Gasteiger partial charge is 0.268 e. The first kappa shape index (κ1) is 19.9. The Balaban J connectivity index is 1.72. The number of amides is 1. The van der Waals surface area contributed by atoms with Crippen LogP contribution in [0.25, 0.3) is 11.1 Å². The lowest BCUT2D eigenvalue weighted by Crippen LogP contribution is -2.31. The number of aromatic nitrogens is 2. The lowest BCUT2D eigenvalue weighted by molar-refractivity contribution is -0.114. The minimum atomic E-state index is -0.628. The molecule has 4 N–H and O–H groups in total. The van der Waals surface area contributed by atoms with Gasteiger partial charge >= 0.3 is 0 Å². The molecule has 0 bridgehead atoms. The van der Waals surface area contributed by atoms with Gasteiger partial charge in [0.25, 0.3) is 5.91 Å². The Hall–Kier alpha value is -4.07. The van der Waals surface area contributed by atoms with E-state index in [1.165, 1.54) is 6.26 Å². The van der Waals surface area contributed by atoms with E-state index in [-0.39, 0.29) is 11.3 Å². The van der Waals surface area contributed by atoms with E-state index in [0.29, 0.717) is 5.82 Å². The van der Waals surface area contributed by atoms with Crippen LogP contribution in [-0.4, -0.2) is 21.5 Å². The molecule has 0 saturated carbocycles. The maximum Gasteiger partial charge on any atom is 0.268 e. The van der Waals surface area contributed by atoms with E-state index in [2.05, 4.69) is 23.8 Å². The van der Waals surface area contributed by atoms with Gasteiger partial charge in [-0.2, -0.15) is 0 Å². The van der Waals surface area contributed by atoms with Crippen LogP contribution in [0.5, 0.6) is 5.75 Å². The second-order valence-electron chi connectivity index (χ2n) is 8.49. The average molecular weight is 429 g/mol. The van der Waals surface area contributed by atoms with E-state index in [1.54, 1.807) is 35.6 Å². The number of nitrogens with two attached hydrogens (primary N) is 2. The SMILES string of the molecule is CC1(C)Cc2cc(N3C(C(N)=O)=COC3c3ccnc(N)c3)c(-c3ccncc3)cc2O1. The summed E-state index contributed by atoms with van der Waals surface area (Å²) < 4.78 is 12.1. The van der Waals surface area contributed by atoms with Crippen LogP contribution in [0.4, 0.5) is 11.5 Å². The molecule has 2 aromatic heterocycles. The van der Waals surface area contributed by atoms with Crippen molar-refractivity contribution in [3.05, 3.63) is 78.1 Å². The first-order valence-corrected chi connectivity index (χ1v) is 10.2. The molecule has 32 heavy (non-hydrogen) atoms. The van der Waals surface area contributed by atoms with Gasteiger partial charge in [0.1, 0.15) is 29.1 Å². The van der Waals surface area contributed by atoms with Crippen LogP contribution in [0.2, 0.25) is 0 Å². The highest BCUT2D eigenvalue weighted by Gasteiger charge is 2.38. The largest absolute Gasteiger partial charge is 0.487 e. The van der Waals surface area contributed by atoms with Crippen molar-refractivity contribution >= 4 is 17.4 Å². The van der Waals surface area contributed by atoms with Crippen molar-refractivity contribution in [1.29, 1.82) is 0 Å². The standard InChI is InChI=1S/C24H23N5O3/c1-24(2)12-16-9-18(17(11-20(16)32-24)14-3-6-27-7-4-14)29-19(22(26)30)13-31-23(29)15-5-8-28-21(25)10-15/h3-11,13,23H,12H2,1-2H3,(H2,25,28)(H2,26,30). The maximum absolute atomic E-state index is 12.4. The number of rotatable bonds is 4. The molecule has 162 valence electrons. The second-order valence-corrected chi connectivity index (χ2v) is 8.49. The Labute approximate surface area is 185 Å². The Morgan fingerprint density at radius 2 is 1.94 bits per heavy atom. The maximum atomic E-state index is 12.4. The number of nitrogens with zero attached hydrogens (tertiary/aromatic N) is 3. The minimum Gasteiger partial charge on any atom is -0.487 e. The van der Waals surface area contributed by atoms with E-state index in [1.807, 2.05) is 24.3 Å². The summed E-state index contributed by atoms with van der Waals surface area (Å²) in [5.41, 5.74) is 16.0. The van der Waals surface area contributed by atoms with Crippen LogP contribution < -0.4 is 21.1 Å². The quantitative estimate of drug-likeness (QED) is 0.653. The summed E-state index contributed by atoms with van der Waals surface area (Å²) in [5, 5.41) is 0. The number of carbonyl (C=O) groups excluding carboxylic acids is 1. The number of carbonyl (C=O) groups is 1. The van der Waals surface area contributed by atoms with Crippen LogP contribution in [0, 0.1) is 0 Å². The highest BCUT2D eigenvalue weighted by Crippen LogP contribution is 2.47. The third-order valence-electron chi connectivity index (χ3n) is 5.58. The second kappa shape index (κ2) is 7.26. The predicted molar refractivity (Wildman–Crippen MR) is 120 cm³/mol. The first-order chi connectivity index (χ1) is 15.3. The van der Waals surface area contributed by atoms with Gasteiger partial charge in [-0.15, -0.1) is 0 Å². The van der Waals surface area contributed by atoms with Gasteiger partial charge in [0, 0.05) is 41.7 Å². The van der Waals surface area contributed by atoms with Gasteiger partial charge in [-0.05, 0) is 55.8 Å². The summed E-state index contributed by atoms with van der Waals surface area (Å²) in [5.74, 6) is 0.587. The van der Waals surface area contributed by atoms with Crippen molar-refractivity contribution in [3.8, 4) is 16.9 Å². The van der Waals surface area contributed by atoms with Crippen molar-refractivity contribution in [2.75, 3.05) is 10.6 Å². The summed E-state index contributed by atoms with van der Waals surface area (Å²) in [6.07, 6.45) is 6.57. The van der Waals surface area contributed by atoms with Crippen LogP contribution in [0.15, 0.2) is 66.9 Å². The van der Waals surface area contributed by atoms with Crippen LogP contribution in [0.3, 0.4) is 0 Å². The summed E-state index contributed by atoms with van der Waals surface area (Å²) in [4.78, 5) is 22.4. The highest BCUT2D eigenvalue weighted by atomic mass is 16.5. The van der Waals surface area contributed by atoms with Crippen LogP contribution in [-0.2, 0) is 16.0 Å². The molecule has 2 aliphatic heterocycles. The zero-order valence-corrected chi connectivity index (χ0v) is 17.8. The monoisotopic (exact) mass is 429 g/mol. The molecule has 2 aliphatic rings. The molecule has 1 aromatic carbocycles. The topological polar surface area (TPSA) is 117 Å². The Morgan fingerprint density at radius 3 is 2.66 bits per heavy atom. The van der Waals surface area contributed by atoms with Gasteiger partial charge in [0.15, 0.2) is 0 Å². The number of nitrogen functional groups attached to an aromatic ring is 1. The lowest BCUT2D eigenvalue weighted by Gasteiger charge is -2.29. The molecule has 1 amide bonds. The minimum absolute atomic E-state index is 0.249. The highest BCUT2D eigenvalue weighted by molar-refractivity contribution is 5.98. The number of primary amides is 1. The van der Waals surface area contributed by atoms with Crippen molar-refractivity contribution < 1.29 is 14.3 Å². The molecule has 0 aliphatic carbocycles. The predicted octanol–water partition coefficient (Wildman–Crippen LogP) is 3.30. The molecule has 0 fully saturated rings. The molecule has 0 spiro atoms. The summed E-state index contributed by atoms with van der Waals surface area (Å²) in [6, 6.07) is 11.4. The van der Waals surface area contributed by atoms with Gasteiger partial charge in [0.2, 0.25) is 6.23 Å². The number of hydrogen-bond donors (Lipinski definition) is 2. The number of fused-ring (bicyclic) bond motifs is 1. The lowest BCUT2D eigenvalue weighted by atomic mass is 9.96. The van der Waals surface area contributed by atoms with Gasteiger partial charge in [-0.3, -0.25) is 14.7 Å². The van der Waals surface area contributed by atoms with Crippen LogP contribution >= 0.6 is 0 Å². The van der Waals surface area contributed by atoms with E-state index < -0.39 is 12.1 Å². The van der Waals surface area contributed by atoms with Crippen molar-refractivity contribution in [2.24, 2.45) is 5.73 Å². The zero-order chi connectivity index (χ0) is 22.5. The molecule has 0 radical (unpaired) electrons. The number of ether oxygens (including phenoxy) is 2. The zero-order valence-electron chi connectivity index (χ0n) is 17.8. The Bertz CT molecular complexity index is 1240. The molecule has 4 heterocycles. The number of anilines is 2. The normalized spacial score (nSPS) is 18.5. The van der Waals surface area contributed by atoms with Crippen molar-refractivity contribution in [2.45, 2.75) is 32.1 Å². The van der Waals surface area contributed by atoms with Gasteiger partial charge < -0.3 is 20.9 Å². The van der Waals surface area contributed by atoms with Crippen molar-refractivity contribution in [1.82, 2.24) is 9.97 Å². The summed E-state index contributed by atoms with van der Waals surface area (Å²) in [6.45, 7) is 4.10. The molecule has 1 atom stereocenters. The molecular formula is C24H23N5O3. The number of pyridine rings is 2. The fraction of sp³-hybridized carbons (Fsp3) is 0.208. The number of benzene rings is 1. The van der Waals surface area contributed by atoms with E-state index in [9.17, 15) is 4.79 Å². The molecule has 0 saturated heterocycles. The van der Waals surface area contributed by atoms with Gasteiger partial charge in [-0.25, -0.2) is 4.98 Å². The van der Waals surface area contributed by atoms with Gasteiger partial charge in [-0.1, -0.05) is 0 Å². The number of hydrogen-bond acceptors (Lipinski definition) is 7. The molecule has 8 nitrogen and oxygen atoms in total. The van der Waals surface area contributed by atoms with E-state index in [0.717, 1.165) is 40.1 Å². The first-order valence-electron chi connectivity index (χ1n) is 10.2. The van der Waals surface area contributed by atoms with E-state index in [4.69, 9.17) is 20.9 Å². The van der Waals surface area contributed by atoms with Crippen LogP contribution in [0.1, 0.15) is 31.2 Å². The average Bonchev–Trinajstić information content (AvgIpc) is 3.32. The fourth-order valence-corrected chi connectivity index (χ4v) is 4.25. The Kier molecular flexibility index (Phi) is 4.51. The molecular weight excluding hydrogens is 406 g/mol. The molecule has 3 aromatic rings. The van der Waals surface area contributed by atoms with E-state index >= 15 is 0 Å².